The Morgan fingerprint density at radius 2 is 1.16 bits per heavy atom. The predicted molar refractivity (Wildman–Crippen MR) is 181 cm³/mol. The second kappa shape index (κ2) is 28.5. The molecule has 1 saturated heterocycles. The van der Waals surface area contributed by atoms with Gasteiger partial charge in [0.15, 0.2) is 0 Å². The molecule has 0 aliphatic carbocycles. The van der Waals surface area contributed by atoms with E-state index in [4.69, 9.17) is 14.2 Å². The number of aliphatic hydroxyl groups is 1. The molecule has 1 N–H and O–H groups in total. The van der Waals surface area contributed by atoms with Crippen LogP contribution in [-0.4, -0.2) is 48.6 Å². The number of carbonyl (C=O) groups excluding carboxylic acids is 2. The third-order valence-electron chi connectivity index (χ3n) is 7.96. The molecule has 1 fully saturated rings. The molecule has 2 unspecified atom stereocenters. The molecule has 44 heavy (non-hydrogen) atoms. The van der Waals surface area contributed by atoms with Gasteiger partial charge in [0.2, 0.25) is 0 Å². The van der Waals surface area contributed by atoms with Crippen molar-refractivity contribution in [2.75, 3.05) is 13.2 Å². The van der Waals surface area contributed by atoms with E-state index in [0.717, 1.165) is 50.9 Å². The van der Waals surface area contributed by atoms with Crippen molar-refractivity contribution in [3.05, 3.63) is 36.5 Å². The highest BCUT2D eigenvalue weighted by molar-refractivity contribution is 5.69. The van der Waals surface area contributed by atoms with Crippen molar-refractivity contribution in [3.63, 3.8) is 0 Å². The first-order valence-corrected chi connectivity index (χ1v) is 18.0. The number of hydrogen-bond donors (Lipinski definition) is 1. The molecule has 1 aliphatic rings. The lowest BCUT2D eigenvalue weighted by molar-refractivity contribution is -0.152. The van der Waals surface area contributed by atoms with Crippen LogP contribution in [0.25, 0.3) is 0 Å². The summed E-state index contributed by atoms with van der Waals surface area (Å²) in [5, 5.41) is 9.98. The quantitative estimate of drug-likeness (QED) is 0.0373. The monoisotopic (exact) mass is 618 g/mol. The van der Waals surface area contributed by atoms with Gasteiger partial charge < -0.3 is 19.3 Å². The molecule has 1 rings (SSSR count). The maximum absolute atomic E-state index is 11.9. The van der Waals surface area contributed by atoms with Crippen LogP contribution in [-0.2, 0) is 23.8 Å². The normalized spacial score (nSPS) is 17.3. The van der Waals surface area contributed by atoms with Gasteiger partial charge in [0.1, 0.15) is 19.3 Å². The van der Waals surface area contributed by atoms with Crippen molar-refractivity contribution in [1.82, 2.24) is 0 Å². The Kier molecular flexibility index (Phi) is 26.0. The van der Waals surface area contributed by atoms with Gasteiger partial charge in [-0.25, -0.2) is 0 Å². The zero-order valence-corrected chi connectivity index (χ0v) is 28.5. The second-order valence-electron chi connectivity index (χ2n) is 12.9. The summed E-state index contributed by atoms with van der Waals surface area (Å²) in [5.41, 5.74) is 0. The number of allylic oxidation sites excluding steroid dienone is 4. The van der Waals surface area contributed by atoms with Crippen LogP contribution in [0.15, 0.2) is 36.5 Å². The average molecular weight is 619 g/mol. The molecule has 0 aromatic heterocycles. The first-order valence-electron chi connectivity index (χ1n) is 18.0. The van der Waals surface area contributed by atoms with Crippen LogP contribution in [0.3, 0.4) is 0 Å². The Morgan fingerprint density at radius 3 is 1.77 bits per heavy atom. The van der Waals surface area contributed by atoms with Gasteiger partial charge in [-0.1, -0.05) is 128 Å². The molecule has 0 aromatic rings. The van der Waals surface area contributed by atoms with Gasteiger partial charge in [-0.3, -0.25) is 9.59 Å². The van der Waals surface area contributed by atoms with Crippen LogP contribution >= 0.6 is 0 Å². The number of aliphatic hydroxyl groups excluding tert-OH is 1. The first-order chi connectivity index (χ1) is 21.4. The Morgan fingerprint density at radius 1 is 0.659 bits per heavy atom. The van der Waals surface area contributed by atoms with Gasteiger partial charge in [0.25, 0.3) is 0 Å². The number of unbranched alkanes of at least 4 members (excludes halogenated alkanes) is 12. The molecule has 6 heteroatoms. The van der Waals surface area contributed by atoms with E-state index in [1.165, 1.54) is 70.6 Å². The SMILES string of the molecule is CCCCC/C=C\CC1OC1C/C=C\C/C=C\CCCC(=O)OC[C@@H](O)COC(=O)CCCCCCCCCCCC(C)C. The van der Waals surface area contributed by atoms with Crippen LogP contribution in [0, 0.1) is 5.92 Å². The van der Waals surface area contributed by atoms with Crippen molar-refractivity contribution in [2.45, 2.75) is 174 Å². The van der Waals surface area contributed by atoms with Crippen LogP contribution in [0.5, 0.6) is 0 Å². The fraction of sp³-hybridized carbons (Fsp3) is 0.789. The average Bonchev–Trinajstić information content (AvgIpc) is 3.76. The topological polar surface area (TPSA) is 85.4 Å². The lowest BCUT2D eigenvalue weighted by Crippen LogP contribution is -2.25. The Balaban J connectivity index is 1.88. The number of carbonyl (C=O) groups is 2. The molecule has 0 spiro atoms. The number of ether oxygens (including phenoxy) is 3. The zero-order valence-electron chi connectivity index (χ0n) is 28.5. The van der Waals surface area contributed by atoms with Crippen LogP contribution < -0.4 is 0 Å². The fourth-order valence-electron chi connectivity index (χ4n) is 5.07. The third kappa shape index (κ3) is 26.5. The van der Waals surface area contributed by atoms with Crippen LogP contribution in [0.2, 0.25) is 0 Å². The molecule has 0 aromatic carbocycles. The van der Waals surface area contributed by atoms with Gasteiger partial charge in [-0.15, -0.1) is 0 Å². The molecule has 3 atom stereocenters. The summed E-state index contributed by atoms with van der Waals surface area (Å²) in [6, 6.07) is 0. The van der Waals surface area contributed by atoms with E-state index in [0.29, 0.717) is 31.5 Å². The molecule has 1 aliphatic heterocycles. The van der Waals surface area contributed by atoms with E-state index in [-0.39, 0.29) is 25.2 Å². The van der Waals surface area contributed by atoms with E-state index in [2.05, 4.69) is 57.2 Å². The van der Waals surface area contributed by atoms with E-state index < -0.39 is 6.10 Å². The molecule has 0 bridgehead atoms. The Hall–Kier alpha value is -1.92. The highest BCUT2D eigenvalue weighted by Crippen LogP contribution is 2.29. The summed E-state index contributed by atoms with van der Waals surface area (Å²) >= 11 is 0. The van der Waals surface area contributed by atoms with E-state index in [1.54, 1.807) is 0 Å². The smallest absolute Gasteiger partial charge is 0.305 e. The minimum atomic E-state index is -0.988. The number of epoxide rings is 1. The molecule has 0 saturated carbocycles. The highest BCUT2D eigenvalue weighted by Gasteiger charge is 2.35. The first kappa shape index (κ1) is 40.1. The van der Waals surface area contributed by atoms with Crippen molar-refractivity contribution in [2.24, 2.45) is 5.92 Å². The maximum atomic E-state index is 11.9. The number of rotatable bonds is 30. The van der Waals surface area contributed by atoms with Gasteiger partial charge >= 0.3 is 11.9 Å². The maximum Gasteiger partial charge on any atom is 0.305 e. The van der Waals surface area contributed by atoms with Crippen LogP contribution in [0.4, 0.5) is 0 Å². The number of esters is 2. The molecule has 0 radical (unpaired) electrons. The van der Waals surface area contributed by atoms with Crippen molar-refractivity contribution >= 4 is 11.9 Å². The summed E-state index contributed by atoms with van der Waals surface area (Å²) < 4.78 is 16.0. The van der Waals surface area contributed by atoms with Crippen LogP contribution in [0.1, 0.15) is 156 Å². The standard InChI is InChI=1S/C38H66O6/c1-4-5-6-7-17-22-27-35-36(44-35)28-23-18-13-11-15-20-25-30-38(41)43-32-34(39)31-42-37(40)29-24-19-14-10-8-9-12-16-21-26-33(2)3/h11,15,17-18,22-23,33-36,39H,4-10,12-14,16,19-21,24-32H2,1-3H3/b15-11-,22-17-,23-18-/t34-,35?,36?/m0/s1. The van der Waals surface area contributed by atoms with Gasteiger partial charge in [0, 0.05) is 12.8 Å². The van der Waals surface area contributed by atoms with E-state index in [1.807, 2.05) is 0 Å². The summed E-state index contributed by atoms with van der Waals surface area (Å²) in [4.78, 5) is 23.8. The van der Waals surface area contributed by atoms with Crippen molar-refractivity contribution in [3.8, 4) is 0 Å². The van der Waals surface area contributed by atoms with Crippen molar-refractivity contribution < 1.29 is 28.9 Å². The fourth-order valence-corrected chi connectivity index (χ4v) is 5.07. The van der Waals surface area contributed by atoms with Gasteiger partial charge in [-0.2, -0.15) is 0 Å². The zero-order chi connectivity index (χ0) is 32.1. The molecular weight excluding hydrogens is 552 g/mol. The third-order valence-corrected chi connectivity index (χ3v) is 7.96. The highest BCUT2D eigenvalue weighted by atomic mass is 16.6. The molecular formula is C38H66O6. The second-order valence-corrected chi connectivity index (χ2v) is 12.9. The molecule has 254 valence electrons. The summed E-state index contributed by atoms with van der Waals surface area (Å²) in [5.74, 6) is 0.177. The lowest BCUT2D eigenvalue weighted by atomic mass is 10.0. The van der Waals surface area contributed by atoms with Gasteiger partial charge in [-0.05, 0) is 57.3 Å². The molecule has 1 heterocycles. The number of hydrogen-bond acceptors (Lipinski definition) is 6. The molecule has 0 amide bonds. The lowest BCUT2D eigenvalue weighted by Gasteiger charge is -2.12. The minimum absolute atomic E-state index is 0.136. The predicted octanol–water partition coefficient (Wildman–Crippen LogP) is 9.74. The van der Waals surface area contributed by atoms with E-state index in [9.17, 15) is 14.7 Å². The Bertz CT molecular complexity index is 786. The molecule has 6 nitrogen and oxygen atoms in total. The summed E-state index contributed by atoms with van der Waals surface area (Å²) in [6.07, 6.45) is 35.2. The minimum Gasteiger partial charge on any atom is -0.463 e. The largest absolute Gasteiger partial charge is 0.463 e. The van der Waals surface area contributed by atoms with Crippen molar-refractivity contribution in [1.29, 1.82) is 0 Å². The summed E-state index contributed by atoms with van der Waals surface area (Å²) in [7, 11) is 0. The Labute approximate surface area is 270 Å². The summed E-state index contributed by atoms with van der Waals surface area (Å²) in [6.45, 7) is 6.52. The van der Waals surface area contributed by atoms with Gasteiger partial charge in [0.05, 0.1) is 12.2 Å². The van der Waals surface area contributed by atoms with E-state index >= 15 is 0 Å².